The number of alkyl halides is 1. The molecule has 0 aliphatic heterocycles. The standard InChI is InChI=1S/C9H11BrO2/c1-7-3-2-4-8(11)9(7)12-6-5-10/h2-4,11H,5-6H2,1H3. The van der Waals surface area contributed by atoms with Crippen LogP contribution in [-0.4, -0.2) is 17.0 Å². The Kier molecular flexibility index (Phi) is 3.41. The van der Waals surface area contributed by atoms with Gasteiger partial charge in [0.1, 0.15) is 0 Å². The maximum absolute atomic E-state index is 9.38. The minimum Gasteiger partial charge on any atom is -0.504 e. The van der Waals surface area contributed by atoms with E-state index in [9.17, 15) is 5.11 Å². The zero-order valence-corrected chi connectivity index (χ0v) is 8.47. The highest BCUT2D eigenvalue weighted by atomic mass is 79.9. The van der Waals surface area contributed by atoms with Gasteiger partial charge >= 0.3 is 0 Å². The molecule has 1 aromatic carbocycles. The molecule has 0 heterocycles. The minimum atomic E-state index is 0.205. The van der Waals surface area contributed by atoms with Gasteiger partial charge in [0, 0.05) is 5.33 Å². The third-order valence-electron chi connectivity index (χ3n) is 1.51. The van der Waals surface area contributed by atoms with Crippen LogP contribution in [0, 0.1) is 6.92 Å². The lowest BCUT2D eigenvalue weighted by molar-refractivity contribution is 0.320. The van der Waals surface area contributed by atoms with E-state index in [0.717, 1.165) is 10.9 Å². The summed E-state index contributed by atoms with van der Waals surface area (Å²) in [6.45, 7) is 2.47. The number of hydrogen-bond acceptors (Lipinski definition) is 2. The molecule has 0 aliphatic carbocycles. The first kappa shape index (κ1) is 9.39. The van der Waals surface area contributed by atoms with Crippen LogP contribution >= 0.6 is 15.9 Å². The molecule has 0 radical (unpaired) electrons. The SMILES string of the molecule is Cc1cccc(O)c1OCCBr. The number of hydrogen-bond donors (Lipinski definition) is 1. The van der Waals surface area contributed by atoms with Gasteiger partial charge in [-0.05, 0) is 18.6 Å². The first-order chi connectivity index (χ1) is 5.75. The summed E-state index contributed by atoms with van der Waals surface area (Å²) >= 11 is 3.25. The van der Waals surface area contributed by atoms with Gasteiger partial charge in [-0.1, -0.05) is 28.1 Å². The Labute approximate surface area is 80.3 Å². The van der Waals surface area contributed by atoms with Crippen LogP contribution < -0.4 is 4.74 Å². The van der Waals surface area contributed by atoms with E-state index in [0.29, 0.717) is 12.4 Å². The molecular weight excluding hydrogens is 220 g/mol. The highest BCUT2D eigenvalue weighted by molar-refractivity contribution is 9.09. The first-order valence-electron chi connectivity index (χ1n) is 3.73. The van der Waals surface area contributed by atoms with E-state index in [4.69, 9.17) is 4.74 Å². The number of ether oxygens (including phenoxy) is 1. The van der Waals surface area contributed by atoms with E-state index in [1.54, 1.807) is 12.1 Å². The number of rotatable bonds is 3. The zero-order valence-electron chi connectivity index (χ0n) is 6.88. The summed E-state index contributed by atoms with van der Waals surface area (Å²) in [6.07, 6.45) is 0. The van der Waals surface area contributed by atoms with Gasteiger partial charge in [0.15, 0.2) is 11.5 Å². The van der Waals surface area contributed by atoms with Crippen molar-refractivity contribution in [1.29, 1.82) is 0 Å². The quantitative estimate of drug-likeness (QED) is 0.809. The average molecular weight is 231 g/mol. The second kappa shape index (κ2) is 4.36. The van der Waals surface area contributed by atoms with Gasteiger partial charge in [-0.15, -0.1) is 0 Å². The van der Waals surface area contributed by atoms with Gasteiger partial charge in [-0.25, -0.2) is 0 Å². The summed E-state index contributed by atoms with van der Waals surface area (Å²) in [4.78, 5) is 0. The fraction of sp³-hybridized carbons (Fsp3) is 0.333. The van der Waals surface area contributed by atoms with E-state index >= 15 is 0 Å². The molecule has 66 valence electrons. The molecule has 0 atom stereocenters. The largest absolute Gasteiger partial charge is 0.504 e. The van der Waals surface area contributed by atoms with Gasteiger partial charge in [-0.2, -0.15) is 0 Å². The molecular formula is C9H11BrO2. The van der Waals surface area contributed by atoms with Crippen LogP contribution in [0.2, 0.25) is 0 Å². The number of halogens is 1. The molecule has 2 nitrogen and oxygen atoms in total. The molecule has 1 rings (SSSR count). The van der Waals surface area contributed by atoms with Crippen molar-refractivity contribution in [3.05, 3.63) is 23.8 Å². The molecule has 0 unspecified atom stereocenters. The maximum Gasteiger partial charge on any atom is 0.163 e. The second-order valence-corrected chi connectivity index (χ2v) is 3.25. The number of aryl methyl sites for hydroxylation is 1. The van der Waals surface area contributed by atoms with Crippen LogP contribution in [0.4, 0.5) is 0 Å². The summed E-state index contributed by atoms with van der Waals surface area (Å²) in [5.41, 5.74) is 0.955. The predicted octanol–water partition coefficient (Wildman–Crippen LogP) is 2.47. The van der Waals surface area contributed by atoms with Gasteiger partial charge in [0.05, 0.1) is 6.61 Å². The van der Waals surface area contributed by atoms with Crippen molar-refractivity contribution in [2.75, 3.05) is 11.9 Å². The molecule has 0 fully saturated rings. The monoisotopic (exact) mass is 230 g/mol. The van der Waals surface area contributed by atoms with E-state index in [-0.39, 0.29) is 5.75 Å². The Morgan fingerprint density at radius 3 is 2.83 bits per heavy atom. The fourth-order valence-electron chi connectivity index (χ4n) is 0.965. The molecule has 0 spiro atoms. The molecule has 0 aliphatic rings. The predicted molar refractivity (Wildman–Crippen MR) is 52.1 cm³/mol. The second-order valence-electron chi connectivity index (χ2n) is 2.46. The average Bonchev–Trinajstić information content (AvgIpc) is 2.04. The topological polar surface area (TPSA) is 29.5 Å². The van der Waals surface area contributed by atoms with Crippen LogP contribution in [0.3, 0.4) is 0 Å². The lowest BCUT2D eigenvalue weighted by Crippen LogP contribution is -1.99. The van der Waals surface area contributed by atoms with E-state index in [1.807, 2.05) is 13.0 Å². The molecule has 0 saturated heterocycles. The normalized spacial score (nSPS) is 9.83. The smallest absolute Gasteiger partial charge is 0.163 e. The van der Waals surface area contributed by atoms with Crippen LogP contribution in [0.1, 0.15) is 5.56 Å². The molecule has 1 N–H and O–H groups in total. The fourth-order valence-corrected chi connectivity index (χ4v) is 1.13. The lowest BCUT2D eigenvalue weighted by Gasteiger charge is -2.08. The first-order valence-corrected chi connectivity index (χ1v) is 4.85. The number of phenols is 1. The van der Waals surface area contributed by atoms with E-state index in [2.05, 4.69) is 15.9 Å². The van der Waals surface area contributed by atoms with Gasteiger partial charge < -0.3 is 9.84 Å². The van der Waals surface area contributed by atoms with Crippen LogP contribution in [0.25, 0.3) is 0 Å². The summed E-state index contributed by atoms with van der Waals surface area (Å²) < 4.78 is 5.32. The van der Waals surface area contributed by atoms with Crippen molar-refractivity contribution in [3.8, 4) is 11.5 Å². The number of phenolic OH excluding ortho intramolecular Hbond substituents is 1. The third-order valence-corrected chi connectivity index (χ3v) is 1.84. The van der Waals surface area contributed by atoms with Gasteiger partial charge in [-0.3, -0.25) is 0 Å². The van der Waals surface area contributed by atoms with Crippen molar-refractivity contribution in [1.82, 2.24) is 0 Å². The third kappa shape index (κ3) is 2.14. The van der Waals surface area contributed by atoms with E-state index < -0.39 is 0 Å². The van der Waals surface area contributed by atoms with Crippen molar-refractivity contribution in [2.45, 2.75) is 6.92 Å². The van der Waals surface area contributed by atoms with Crippen molar-refractivity contribution in [3.63, 3.8) is 0 Å². The lowest BCUT2D eigenvalue weighted by atomic mass is 10.2. The Balaban J connectivity index is 2.81. The zero-order chi connectivity index (χ0) is 8.97. The Morgan fingerprint density at radius 1 is 1.50 bits per heavy atom. The summed E-state index contributed by atoms with van der Waals surface area (Å²) in [5, 5.41) is 10.1. The van der Waals surface area contributed by atoms with E-state index in [1.165, 1.54) is 0 Å². The highest BCUT2D eigenvalue weighted by Crippen LogP contribution is 2.28. The van der Waals surface area contributed by atoms with Gasteiger partial charge in [0.25, 0.3) is 0 Å². The molecule has 1 aromatic rings. The van der Waals surface area contributed by atoms with Crippen molar-refractivity contribution >= 4 is 15.9 Å². The summed E-state index contributed by atoms with van der Waals surface area (Å²) in [6, 6.07) is 5.32. The molecule has 0 amide bonds. The number of para-hydroxylation sites is 1. The summed E-state index contributed by atoms with van der Waals surface area (Å²) in [5.74, 6) is 0.785. The number of benzene rings is 1. The molecule has 3 heteroatoms. The molecule has 12 heavy (non-hydrogen) atoms. The Morgan fingerprint density at radius 2 is 2.25 bits per heavy atom. The van der Waals surface area contributed by atoms with Crippen molar-refractivity contribution < 1.29 is 9.84 Å². The summed E-state index contributed by atoms with van der Waals surface area (Å²) in [7, 11) is 0. The maximum atomic E-state index is 9.38. The Bertz CT molecular complexity index is 240. The highest BCUT2D eigenvalue weighted by Gasteiger charge is 2.03. The van der Waals surface area contributed by atoms with Gasteiger partial charge in [0.2, 0.25) is 0 Å². The Hall–Kier alpha value is -0.700. The van der Waals surface area contributed by atoms with Crippen molar-refractivity contribution in [2.24, 2.45) is 0 Å². The van der Waals surface area contributed by atoms with Crippen LogP contribution in [0.5, 0.6) is 11.5 Å². The number of aromatic hydroxyl groups is 1. The van der Waals surface area contributed by atoms with Crippen LogP contribution in [-0.2, 0) is 0 Å². The molecule has 0 bridgehead atoms. The molecule has 0 saturated carbocycles. The minimum absolute atomic E-state index is 0.205. The van der Waals surface area contributed by atoms with Crippen LogP contribution in [0.15, 0.2) is 18.2 Å². The molecule has 0 aromatic heterocycles.